The van der Waals surface area contributed by atoms with Crippen LogP contribution in [0, 0.1) is 6.92 Å². The summed E-state index contributed by atoms with van der Waals surface area (Å²) in [6.45, 7) is 2.16. The Labute approximate surface area is 89.6 Å². The van der Waals surface area contributed by atoms with Crippen LogP contribution < -0.4 is 15.2 Å². The summed E-state index contributed by atoms with van der Waals surface area (Å²) in [6.07, 6.45) is 0. The predicted octanol–water partition coefficient (Wildman–Crippen LogP) is 0.702. The molecule has 1 aromatic carbocycles. The van der Waals surface area contributed by atoms with E-state index in [-0.39, 0.29) is 19.3 Å². The smallest absolute Gasteiger partial charge is 0.161 e. The zero-order valence-corrected chi connectivity index (χ0v) is 9.06. The molecule has 4 nitrogen and oxygen atoms in total. The van der Waals surface area contributed by atoms with E-state index >= 15 is 0 Å². The fourth-order valence-electron chi connectivity index (χ4n) is 1.14. The third-order valence-electron chi connectivity index (χ3n) is 2.01. The average Bonchev–Trinajstić information content (AvgIpc) is 2.26. The van der Waals surface area contributed by atoms with Crippen molar-refractivity contribution in [1.29, 1.82) is 0 Å². The van der Waals surface area contributed by atoms with E-state index in [0.717, 1.165) is 5.56 Å². The molecule has 1 atom stereocenters. The van der Waals surface area contributed by atoms with Gasteiger partial charge in [-0.2, -0.15) is 0 Å². The highest BCUT2D eigenvalue weighted by atomic mass is 16.5. The van der Waals surface area contributed by atoms with E-state index in [2.05, 4.69) is 0 Å². The van der Waals surface area contributed by atoms with Gasteiger partial charge in [-0.25, -0.2) is 0 Å². The van der Waals surface area contributed by atoms with Crippen LogP contribution in [0.3, 0.4) is 0 Å². The summed E-state index contributed by atoms with van der Waals surface area (Å²) in [5, 5.41) is 8.75. The van der Waals surface area contributed by atoms with Crippen molar-refractivity contribution >= 4 is 0 Å². The first kappa shape index (κ1) is 11.8. The van der Waals surface area contributed by atoms with E-state index < -0.39 is 0 Å². The van der Waals surface area contributed by atoms with Gasteiger partial charge in [-0.15, -0.1) is 0 Å². The van der Waals surface area contributed by atoms with Crippen LogP contribution in [-0.4, -0.2) is 31.5 Å². The lowest BCUT2D eigenvalue weighted by molar-refractivity contribution is 0.202. The summed E-state index contributed by atoms with van der Waals surface area (Å²) >= 11 is 0. The molecule has 1 rings (SSSR count). The number of benzene rings is 1. The van der Waals surface area contributed by atoms with Gasteiger partial charge in [0.2, 0.25) is 0 Å². The van der Waals surface area contributed by atoms with Gasteiger partial charge in [-0.05, 0) is 24.6 Å². The second-order valence-corrected chi connectivity index (χ2v) is 3.41. The van der Waals surface area contributed by atoms with Crippen LogP contribution >= 0.6 is 0 Å². The number of rotatable bonds is 5. The Kier molecular flexibility index (Phi) is 4.39. The molecule has 0 aliphatic carbocycles. The zero-order chi connectivity index (χ0) is 11.3. The monoisotopic (exact) mass is 211 g/mol. The van der Waals surface area contributed by atoms with Crippen molar-refractivity contribution in [3.05, 3.63) is 23.8 Å². The molecular formula is C11H17NO3. The molecule has 4 heteroatoms. The van der Waals surface area contributed by atoms with Crippen molar-refractivity contribution in [2.24, 2.45) is 5.73 Å². The van der Waals surface area contributed by atoms with Crippen LogP contribution in [0.4, 0.5) is 0 Å². The van der Waals surface area contributed by atoms with Crippen molar-refractivity contribution in [3.63, 3.8) is 0 Å². The highest BCUT2D eigenvalue weighted by Gasteiger charge is 2.06. The summed E-state index contributed by atoms with van der Waals surface area (Å²) in [4.78, 5) is 0. The van der Waals surface area contributed by atoms with E-state index in [4.69, 9.17) is 20.3 Å². The third kappa shape index (κ3) is 3.42. The molecule has 0 saturated carbocycles. The summed E-state index contributed by atoms with van der Waals surface area (Å²) in [5.74, 6) is 1.33. The molecule has 3 N–H and O–H groups in total. The normalized spacial score (nSPS) is 12.3. The van der Waals surface area contributed by atoms with Gasteiger partial charge >= 0.3 is 0 Å². The molecule has 1 unspecified atom stereocenters. The first-order valence-electron chi connectivity index (χ1n) is 4.81. The van der Waals surface area contributed by atoms with Crippen molar-refractivity contribution in [3.8, 4) is 11.5 Å². The Morgan fingerprint density at radius 1 is 1.40 bits per heavy atom. The lowest BCUT2D eigenvalue weighted by Gasteiger charge is -2.13. The van der Waals surface area contributed by atoms with E-state index in [1.807, 2.05) is 25.1 Å². The molecule has 0 spiro atoms. The maximum atomic E-state index is 8.75. The SMILES string of the molecule is COc1cc(C)ccc1OCC(N)CO. The van der Waals surface area contributed by atoms with Crippen molar-refractivity contribution in [2.75, 3.05) is 20.3 Å². The molecule has 0 bridgehead atoms. The number of hydrogen-bond donors (Lipinski definition) is 2. The van der Waals surface area contributed by atoms with Gasteiger partial charge in [0.15, 0.2) is 11.5 Å². The molecular weight excluding hydrogens is 194 g/mol. The molecule has 0 saturated heterocycles. The lowest BCUT2D eigenvalue weighted by atomic mass is 10.2. The highest BCUT2D eigenvalue weighted by molar-refractivity contribution is 5.42. The second-order valence-electron chi connectivity index (χ2n) is 3.41. The number of hydrogen-bond acceptors (Lipinski definition) is 4. The topological polar surface area (TPSA) is 64.7 Å². The van der Waals surface area contributed by atoms with Crippen molar-refractivity contribution < 1.29 is 14.6 Å². The van der Waals surface area contributed by atoms with Gasteiger partial charge in [0, 0.05) is 0 Å². The Bertz CT molecular complexity index is 315. The van der Waals surface area contributed by atoms with Crippen LogP contribution in [0.25, 0.3) is 0 Å². The Morgan fingerprint density at radius 3 is 2.73 bits per heavy atom. The number of nitrogens with two attached hydrogens (primary N) is 1. The van der Waals surface area contributed by atoms with E-state index in [0.29, 0.717) is 11.5 Å². The first-order valence-corrected chi connectivity index (χ1v) is 4.81. The fourth-order valence-corrected chi connectivity index (χ4v) is 1.14. The fraction of sp³-hybridized carbons (Fsp3) is 0.455. The molecule has 0 fully saturated rings. The lowest BCUT2D eigenvalue weighted by Crippen LogP contribution is -2.31. The molecule has 0 aromatic heterocycles. The summed E-state index contributed by atoms with van der Waals surface area (Å²) in [7, 11) is 1.59. The number of aliphatic hydroxyl groups is 1. The van der Waals surface area contributed by atoms with Gasteiger partial charge in [-0.1, -0.05) is 6.07 Å². The van der Waals surface area contributed by atoms with Gasteiger partial charge in [0.1, 0.15) is 6.61 Å². The Hall–Kier alpha value is -1.26. The average molecular weight is 211 g/mol. The predicted molar refractivity (Wildman–Crippen MR) is 58.3 cm³/mol. The molecule has 1 aromatic rings. The van der Waals surface area contributed by atoms with E-state index in [9.17, 15) is 0 Å². The van der Waals surface area contributed by atoms with Gasteiger partial charge in [-0.3, -0.25) is 0 Å². The van der Waals surface area contributed by atoms with Gasteiger partial charge in [0.05, 0.1) is 19.8 Å². The molecule has 0 radical (unpaired) electrons. The minimum absolute atomic E-state index is 0.0891. The molecule has 0 amide bonds. The number of aliphatic hydroxyl groups excluding tert-OH is 1. The minimum Gasteiger partial charge on any atom is -0.493 e. The maximum Gasteiger partial charge on any atom is 0.161 e. The van der Waals surface area contributed by atoms with Crippen LogP contribution in [0.1, 0.15) is 5.56 Å². The standard InChI is InChI=1S/C11H17NO3/c1-8-3-4-10(11(5-8)14-2)15-7-9(12)6-13/h3-5,9,13H,6-7,12H2,1-2H3. The molecule has 15 heavy (non-hydrogen) atoms. The van der Waals surface area contributed by atoms with Crippen LogP contribution in [0.5, 0.6) is 11.5 Å². The highest BCUT2D eigenvalue weighted by Crippen LogP contribution is 2.27. The quantitative estimate of drug-likeness (QED) is 0.752. The van der Waals surface area contributed by atoms with E-state index in [1.165, 1.54) is 0 Å². The number of ether oxygens (including phenoxy) is 2. The second kappa shape index (κ2) is 5.58. The summed E-state index contributed by atoms with van der Waals surface area (Å²) in [5.41, 5.74) is 6.63. The molecule has 84 valence electrons. The Morgan fingerprint density at radius 2 is 2.13 bits per heavy atom. The first-order chi connectivity index (χ1) is 7.17. The minimum atomic E-state index is -0.365. The molecule has 0 aliphatic rings. The maximum absolute atomic E-state index is 8.75. The molecule has 0 heterocycles. The van der Waals surface area contributed by atoms with Crippen LogP contribution in [0.15, 0.2) is 18.2 Å². The van der Waals surface area contributed by atoms with Gasteiger partial charge < -0.3 is 20.3 Å². The zero-order valence-electron chi connectivity index (χ0n) is 9.06. The molecule has 0 aliphatic heterocycles. The van der Waals surface area contributed by atoms with Crippen LogP contribution in [0.2, 0.25) is 0 Å². The summed E-state index contributed by atoms with van der Waals surface area (Å²) < 4.78 is 10.6. The van der Waals surface area contributed by atoms with Gasteiger partial charge in [0.25, 0.3) is 0 Å². The van der Waals surface area contributed by atoms with E-state index in [1.54, 1.807) is 7.11 Å². The number of aryl methyl sites for hydroxylation is 1. The Balaban J connectivity index is 2.67. The summed E-state index contributed by atoms with van der Waals surface area (Å²) in [6, 6.07) is 5.29. The van der Waals surface area contributed by atoms with Crippen molar-refractivity contribution in [1.82, 2.24) is 0 Å². The number of methoxy groups -OCH3 is 1. The third-order valence-corrected chi connectivity index (χ3v) is 2.01. The largest absolute Gasteiger partial charge is 0.493 e. The van der Waals surface area contributed by atoms with Crippen molar-refractivity contribution in [2.45, 2.75) is 13.0 Å². The van der Waals surface area contributed by atoms with Crippen LogP contribution in [-0.2, 0) is 0 Å².